The Labute approximate surface area is 123 Å². The minimum Gasteiger partial charge on any atom is -0.346 e. The Kier molecular flexibility index (Phi) is 4.01. The van der Waals surface area contributed by atoms with Gasteiger partial charge in [-0.3, -0.25) is 4.90 Å². The van der Waals surface area contributed by atoms with Crippen LogP contribution in [0.2, 0.25) is 10.0 Å². The molecule has 2 heterocycles. The van der Waals surface area contributed by atoms with Gasteiger partial charge >= 0.3 is 0 Å². The molecule has 0 aliphatic carbocycles. The summed E-state index contributed by atoms with van der Waals surface area (Å²) < 4.78 is 11.6. The van der Waals surface area contributed by atoms with E-state index in [1.807, 2.05) is 18.2 Å². The van der Waals surface area contributed by atoms with E-state index >= 15 is 0 Å². The molecule has 2 aliphatic rings. The predicted molar refractivity (Wildman–Crippen MR) is 75.6 cm³/mol. The monoisotopic (exact) mass is 301 g/mol. The molecule has 2 aliphatic heterocycles. The second-order valence-electron chi connectivity index (χ2n) is 5.17. The van der Waals surface area contributed by atoms with Gasteiger partial charge in [-0.1, -0.05) is 29.3 Å². The molecule has 19 heavy (non-hydrogen) atoms. The summed E-state index contributed by atoms with van der Waals surface area (Å²) >= 11 is 12.0. The Morgan fingerprint density at radius 3 is 2.68 bits per heavy atom. The standard InChI is InChI=1S/C14H17Cl2NO2/c15-12-3-2-11(8-13(12)16)9-17-5-1-4-14(10-17)18-6-7-19-14/h2-3,8H,1,4-7,9-10H2. The van der Waals surface area contributed by atoms with Crippen LogP contribution in [0.1, 0.15) is 18.4 Å². The van der Waals surface area contributed by atoms with Gasteiger partial charge in [-0.25, -0.2) is 0 Å². The minimum absolute atomic E-state index is 0.367. The average Bonchev–Trinajstić information content (AvgIpc) is 2.82. The molecule has 3 rings (SSSR count). The van der Waals surface area contributed by atoms with Gasteiger partial charge in [0.25, 0.3) is 0 Å². The number of rotatable bonds is 2. The summed E-state index contributed by atoms with van der Waals surface area (Å²) in [4.78, 5) is 2.36. The van der Waals surface area contributed by atoms with Gasteiger partial charge in [-0.05, 0) is 30.7 Å². The van der Waals surface area contributed by atoms with Crippen molar-refractivity contribution in [3.63, 3.8) is 0 Å². The molecule has 0 amide bonds. The molecule has 0 saturated carbocycles. The molecule has 1 spiro atoms. The van der Waals surface area contributed by atoms with E-state index in [0.29, 0.717) is 23.3 Å². The molecule has 2 saturated heterocycles. The third-order valence-electron chi connectivity index (χ3n) is 3.70. The van der Waals surface area contributed by atoms with Gasteiger partial charge in [0, 0.05) is 13.0 Å². The Bertz CT molecular complexity index is 461. The first-order chi connectivity index (χ1) is 9.17. The second kappa shape index (κ2) is 5.58. The third-order valence-corrected chi connectivity index (χ3v) is 4.44. The molecule has 2 fully saturated rings. The summed E-state index contributed by atoms with van der Waals surface area (Å²) in [6, 6.07) is 5.80. The highest BCUT2D eigenvalue weighted by atomic mass is 35.5. The van der Waals surface area contributed by atoms with Crippen LogP contribution in [0.25, 0.3) is 0 Å². The summed E-state index contributed by atoms with van der Waals surface area (Å²) in [5, 5.41) is 1.21. The second-order valence-corrected chi connectivity index (χ2v) is 5.98. The van der Waals surface area contributed by atoms with E-state index in [2.05, 4.69) is 4.90 Å². The van der Waals surface area contributed by atoms with Gasteiger partial charge in [-0.2, -0.15) is 0 Å². The number of hydrogen-bond donors (Lipinski definition) is 0. The highest BCUT2D eigenvalue weighted by Gasteiger charge is 2.40. The van der Waals surface area contributed by atoms with Crippen molar-refractivity contribution in [1.29, 1.82) is 0 Å². The largest absolute Gasteiger partial charge is 0.346 e. The maximum atomic E-state index is 6.05. The summed E-state index contributed by atoms with van der Waals surface area (Å²) in [5.41, 5.74) is 1.17. The fourth-order valence-corrected chi connectivity index (χ4v) is 3.16. The normalized spacial score (nSPS) is 23.1. The highest BCUT2D eigenvalue weighted by Crippen LogP contribution is 2.31. The van der Waals surface area contributed by atoms with E-state index in [0.717, 1.165) is 32.5 Å². The summed E-state index contributed by atoms with van der Waals surface area (Å²) in [5.74, 6) is -0.367. The number of likely N-dealkylation sites (tertiary alicyclic amines) is 1. The van der Waals surface area contributed by atoms with Crippen LogP contribution in [0.15, 0.2) is 18.2 Å². The van der Waals surface area contributed by atoms with Gasteiger partial charge in [0.1, 0.15) is 0 Å². The van der Waals surface area contributed by atoms with Gasteiger partial charge in [0.15, 0.2) is 5.79 Å². The van der Waals surface area contributed by atoms with Crippen molar-refractivity contribution in [2.75, 3.05) is 26.3 Å². The van der Waals surface area contributed by atoms with E-state index in [-0.39, 0.29) is 5.79 Å². The fourth-order valence-electron chi connectivity index (χ4n) is 2.83. The number of hydrogen-bond acceptors (Lipinski definition) is 3. The lowest BCUT2D eigenvalue weighted by molar-refractivity contribution is -0.190. The Morgan fingerprint density at radius 2 is 1.95 bits per heavy atom. The van der Waals surface area contributed by atoms with Crippen LogP contribution in [-0.2, 0) is 16.0 Å². The van der Waals surface area contributed by atoms with Crippen molar-refractivity contribution in [3.8, 4) is 0 Å². The van der Waals surface area contributed by atoms with Crippen LogP contribution in [0.5, 0.6) is 0 Å². The number of benzene rings is 1. The summed E-state index contributed by atoms with van der Waals surface area (Å²) in [7, 11) is 0. The van der Waals surface area contributed by atoms with Crippen molar-refractivity contribution in [1.82, 2.24) is 4.90 Å². The first kappa shape index (κ1) is 13.7. The van der Waals surface area contributed by atoms with Crippen molar-refractivity contribution in [2.24, 2.45) is 0 Å². The van der Waals surface area contributed by atoms with Gasteiger partial charge in [0.2, 0.25) is 0 Å². The number of halogens is 2. The summed E-state index contributed by atoms with van der Waals surface area (Å²) in [6.07, 6.45) is 2.09. The molecule has 1 aromatic carbocycles. The molecular formula is C14H17Cl2NO2. The van der Waals surface area contributed by atoms with Gasteiger partial charge in [-0.15, -0.1) is 0 Å². The molecule has 3 nitrogen and oxygen atoms in total. The Morgan fingerprint density at radius 1 is 1.16 bits per heavy atom. The molecule has 104 valence electrons. The van der Waals surface area contributed by atoms with Gasteiger partial charge in [0.05, 0.1) is 29.8 Å². The first-order valence-electron chi connectivity index (χ1n) is 6.61. The molecule has 0 bridgehead atoms. The van der Waals surface area contributed by atoms with Crippen LogP contribution in [-0.4, -0.2) is 37.0 Å². The smallest absolute Gasteiger partial charge is 0.181 e. The van der Waals surface area contributed by atoms with Crippen LogP contribution in [0.3, 0.4) is 0 Å². The van der Waals surface area contributed by atoms with Crippen molar-refractivity contribution in [3.05, 3.63) is 33.8 Å². The SMILES string of the molecule is Clc1ccc(CN2CCCC3(C2)OCCO3)cc1Cl. The predicted octanol–water partition coefficient (Wildman–Crippen LogP) is 3.33. The fraction of sp³-hybridized carbons (Fsp3) is 0.571. The van der Waals surface area contributed by atoms with Crippen LogP contribution >= 0.6 is 23.2 Å². The lowest BCUT2D eigenvalue weighted by Crippen LogP contribution is -2.48. The van der Waals surface area contributed by atoms with Gasteiger partial charge < -0.3 is 9.47 Å². The molecule has 1 aromatic rings. The van der Waals surface area contributed by atoms with Crippen LogP contribution in [0, 0.1) is 0 Å². The molecule has 0 unspecified atom stereocenters. The van der Waals surface area contributed by atoms with Crippen LogP contribution < -0.4 is 0 Å². The minimum atomic E-state index is -0.367. The van der Waals surface area contributed by atoms with E-state index in [1.54, 1.807) is 0 Å². The average molecular weight is 302 g/mol. The first-order valence-corrected chi connectivity index (χ1v) is 7.37. The zero-order valence-electron chi connectivity index (χ0n) is 10.7. The number of ether oxygens (including phenoxy) is 2. The van der Waals surface area contributed by atoms with E-state index in [4.69, 9.17) is 32.7 Å². The maximum absolute atomic E-state index is 6.05. The number of nitrogens with zero attached hydrogens (tertiary/aromatic N) is 1. The zero-order valence-corrected chi connectivity index (χ0v) is 12.2. The van der Waals surface area contributed by atoms with Crippen molar-refractivity contribution < 1.29 is 9.47 Å². The molecule has 0 radical (unpaired) electrons. The topological polar surface area (TPSA) is 21.7 Å². The lowest BCUT2D eigenvalue weighted by atomic mass is 10.0. The maximum Gasteiger partial charge on any atom is 0.181 e. The lowest BCUT2D eigenvalue weighted by Gasteiger charge is -2.38. The van der Waals surface area contributed by atoms with Crippen LogP contribution in [0.4, 0.5) is 0 Å². The third kappa shape index (κ3) is 3.06. The van der Waals surface area contributed by atoms with E-state index in [9.17, 15) is 0 Å². The van der Waals surface area contributed by atoms with Crippen molar-refractivity contribution in [2.45, 2.75) is 25.2 Å². The molecule has 0 atom stereocenters. The van der Waals surface area contributed by atoms with Crippen molar-refractivity contribution >= 4 is 23.2 Å². The molecular weight excluding hydrogens is 285 g/mol. The molecule has 0 N–H and O–H groups in total. The number of piperidine rings is 1. The van der Waals surface area contributed by atoms with E-state index in [1.165, 1.54) is 5.56 Å². The Balaban J connectivity index is 1.67. The molecule has 0 aromatic heterocycles. The zero-order chi connectivity index (χ0) is 13.3. The summed E-state index contributed by atoms with van der Waals surface area (Å²) in [6.45, 7) is 4.16. The quantitative estimate of drug-likeness (QED) is 0.836. The van der Waals surface area contributed by atoms with E-state index < -0.39 is 0 Å². The highest BCUT2D eigenvalue weighted by molar-refractivity contribution is 6.42. The molecule has 5 heteroatoms. The Hall–Kier alpha value is -0.320.